The van der Waals surface area contributed by atoms with Crippen LogP contribution in [0.5, 0.6) is 5.88 Å². The Balaban J connectivity index is 1.54. The molecular formula is C21H23FN4O. The number of benzene rings is 2. The molecule has 2 heterocycles. The average molecular weight is 366 g/mol. The van der Waals surface area contributed by atoms with E-state index in [2.05, 4.69) is 46.2 Å². The zero-order valence-electron chi connectivity index (χ0n) is 15.4. The van der Waals surface area contributed by atoms with Gasteiger partial charge in [-0.15, -0.1) is 0 Å². The van der Waals surface area contributed by atoms with Crippen molar-refractivity contribution in [2.24, 2.45) is 4.99 Å². The van der Waals surface area contributed by atoms with E-state index in [1.165, 1.54) is 17.8 Å². The SMILES string of the molecule is CC1CN(c2ccc(N=Cc3c(O)[nH]c4cc(F)ccc34)cc2)CC(C)N1. The van der Waals surface area contributed by atoms with E-state index in [0.717, 1.165) is 24.2 Å². The molecule has 140 valence electrons. The molecule has 0 spiro atoms. The number of hydrogen-bond acceptors (Lipinski definition) is 4. The first kappa shape index (κ1) is 17.5. The van der Waals surface area contributed by atoms with Crippen molar-refractivity contribution in [1.29, 1.82) is 0 Å². The van der Waals surface area contributed by atoms with Crippen LogP contribution in [-0.4, -0.2) is 41.5 Å². The monoisotopic (exact) mass is 366 g/mol. The third-order valence-corrected chi connectivity index (χ3v) is 4.90. The lowest BCUT2D eigenvalue weighted by molar-refractivity contribution is 0.407. The number of aliphatic imine (C=N–C) groups is 1. The van der Waals surface area contributed by atoms with Gasteiger partial charge in [-0.2, -0.15) is 0 Å². The Kier molecular flexibility index (Phi) is 4.58. The van der Waals surface area contributed by atoms with Crippen LogP contribution in [0.2, 0.25) is 0 Å². The fraction of sp³-hybridized carbons (Fsp3) is 0.286. The van der Waals surface area contributed by atoms with Crippen LogP contribution in [0, 0.1) is 5.82 Å². The van der Waals surface area contributed by atoms with Crippen molar-refractivity contribution in [3.63, 3.8) is 0 Å². The third kappa shape index (κ3) is 3.66. The largest absolute Gasteiger partial charge is 0.494 e. The smallest absolute Gasteiger partial charge is 0.198 e. The predicted octanol–water partition coefficient (Wildman–Crippen LogP) is 3.95. The number of nitrogens with one attached hydrogen (secondary N) is 2. The van der Waals surface area contributed by atoms with Crippen molar-refractivity contribution in [2.45, 2.75) is 25.9 Å². The number of halogens is 1. The minimum absolute atomic E-state index is 0.0141. The highest BCUT2D eigenvalue weighted by Crippen LogP contribution is 2.27. The molecule has 3 N–H and O–H groups in total. The number of nitrogens with zero attached hydrogens (tertiary/aromatic N) is 2. The van der Waals surface area contributed by atoms with Crippen molar-refractivity contribution in [1.82, 2.24) is 10.3 Å². The number of aromatic hydroxyl groups is 1. The van der Waals surface area contributed by atoms with Crippen molar-refractivity contribution >= 4 is 28.5 Å². The van der Waals surface area contributed by atoms with E-state index in [1.54, 1.807) is 12.3 Å². The molecule has 0 radical (unpaired) electrons. The highest BCUT2D eigenvalue weighted by atomic mass is 19.1. The first-order chi connectivity index (χ1) is 13.0. The Morgan fingerprint density at radius 2 is 1.81 bits per heavy atom. The van der Waals surface area contributed by atoms with E-state index in [-0.39, 0.29) is 11.7 Å². The molecule has 1 saturated heterocycles. The number of rotatable bonds is 3. The number of hydrogen-bond donors (Lipinski definition) is 3. The summed E-state index contributed by atoms with van der Waals surface area (Å²) in [6.45, 7) is 6.35. The maximum Gasteiger partial charge on any atom is 0.198 e. The summed E-state index contributed by atoms with van der Waals surface area (Å²) < 4.78 is 13.3. The van der Waals surface area contributed by atoms with Crippen LogP contribution in [0.4, 0.5) is 15.8 Å². The van der Waals surface area contributed by atoms with E-state index >= 15 is 0 Å². The molecule has 0 bridgehead atoms. The van der Waals surface area contributed by atoms with Crippen molar-refractivity contribution in [2.75, 3.05) is 18.0 Å². The maximum atomic E-state index is 13.3. The highest BCUT2D eigenvalue weighted by Gasteiger charge is 2.20. The summed E-state index contributed by atoms with van der Waals surface area (Å²) in [6.07, 6.45) is 1.61. The van der Waals surface area contributed by atoms with Gasteiger partial charge in [0.25, 0.3) is 0 Å². The maximum absolute atomic E-state index is 13.3. The second-order valence-electron chi connectivity index (χ2n) is 7.23. The molecule has 1 aliphatic heterocycles. The first-order valence-electron chi connectivity index (χ1n) is 9.15. The van der Waals surface area contributed by atoms with Crippen LogP contribution < -0.4 is 10.2 Å². The molecule has 2 unspecified atom stereocenters. The second-order valence-corrected chi connectivity index (χ2v) is 7.23. The summed E-state index contributed by atoms with van der Waals surface area (Å²) in [6, 6.07) is 13.4. The van der Waals surface area contributed by atoms with Crippen molar-refractivity contribution in [3.05, 3.63) is 53.8 Å². The molecule has 5 nitrogen and oxygen atoms in total. The number of aromatic amines is 1. The number of piperazine rings is 1. The Labute approximate surface area is 157 Å². The Morgan fingerprint density at radius 1 is 1.11 bits per heavy atom. The van der Waals surface area contributed by atoms with Gasteiger partial charge in [-0.3, -0.25) is 4.99 Å². The number of H-pyrrole nitrogens is 1. The van der Waals surface area contributed by atoms with E-state index in [9.17, 15) is 9.50 Å². The summed E-state index contributed by atoms with van der Waals surface area (Å²) in [5, 5.41) is 14.4. The van der Waals surface area contributed by atoms with Gasteiger partial charge in [0.1, 0.15) is 5.82 Å². The zero-order valence-corrected chi connectivity index (χ0v) is 15.4. The van der Waals surface area contributed by atoms with Gasteiger partial charge in [0.15, 0.2) is 5.88 Å². The Bertz CT molecular complexity index is 970. The van der Waals surface area contributed by atoms with Gasteiger partial charge in [-0.1, -0.05) is 0 Å². The molecule has 1 fully saturated rings. The molecule has 0 saturated carbocycles. The van der Waals surface area contributed by atoms with Crippen LogP contribution in [0.3, 0.4) is 0 Å². The summed E-state index contributed by atoms with van der Waals surface area (Å²) in [5.74, 6) is -0.362. The quantitative estimate of drug-likeness (QED) is 0.615. The van der Waals surface area contributed by atoms with Crippen LogP contribution in [0.15, 0.2) is 47.5 Å². The zero-order chi connectivity index (χ0) is 19.0. The highest BCUT2D eigenvalue weighted by molar-refractivity contribution is 6.02. The van der Waals surface area contributed by atoms with Crippen LogP contribution in [0.1, 0.15) is 19.4 Å². The Hall–Kier alpha value is -2.86. The van der Waals surface area contributed by atoms with Gasteiger partial charge in [0, 0.05) is 42.5 Å². The van der Waals surface area contributed by atoms with Crippen molar-refractivity contribution in [3.8, 4) is 5.88 Å². The summed E-state index contributed by atoms with van der Waals surface area (Å²) in [5.41, 5.74) is 3.08. The summed E-state index contributed by atoms with van der Waals surface area (Å²) >= 11 is 0. The molecule has 0 amide bonds. The van der Waals surface area contributed by atoms with Gasteiger partial charge < -0.3 is 20.3 Å². The second kappa shape index (κ2) is 7.04. The third-order valence-electron chi connectivity index (χ3n) is 4.90. The molecule has 6 heteroatoms. The lowest BCUT2D eigenvalue weighted by Gasteiger charge is -2.37. The van der Waals surface area contributed by atoms with E-state index < -0.39 is 0 Å². The molecule has 2 atom stereocenters. The predicted molar refractivity (Wildman–Crippen MR) is 108 cm³/mol. The van der Waals surface area contributed by atoms with Crippen molar-refractivity contribution < 1.29 is 9.50 Å². The fourth-order valence-electron chi connectivity index (χ4n) is 3.73. The molecule has 0 aliphatic carbocycles. The molecule has 1 aliphatic rings. The molecule has 3 aromatic rings. The van der Waals surface area contributed by atoms with Crippen LogP contribution >= 0.6 is 0 Å². The number of fused-ring (bicyclic) bond motifs is 1. The number of aromatic nitrogens is 1. The van der Waals surface area contributed by atoms with Crippen LogP contribution in [0.25, 0.3) is 10.9 Å². The van der Waals surface area contributed by atoms with Crippen LogP contribution in [-0.2, 0) is 0 Å². The summed E-state index contributed by atoms with van der Waals surface area (Å²) in [4.78, 5) is 9.62. The summed E-state index contributed by atoms with van der Waals surface area (Å²) in [7, 11) is 0. The first-order valence-corrected chi connectivity index (χ1v) is 9.15. The normalized spacial score (nSPS) is 20.6. The topological polar surface area (TPSA) is 63.6 Å². The lowest BCUT2D eigenvalue weighted by Crippen LogP contribution is -2.54. The minimum Gasteiger partial charge on any atom is -0.494 e. The van der Waals surface area contributed by atoms with Gasteiger partial charge in [-0.05, 0) is 56.3 Å². The Morgan fingerprint density at radius 3 is 2.52 bits per heavy atom. The molecule has 4 rings (SSSR count). The lowest BCUT2D eigenvalue weighted by atomic mass is 10.1. The number of anilines is 1. The molecule has 2 aromatic carbocycles. The van der Waals surface area contributed by atoms with E-state index in [1.807, 2.05) is 12.1 Å². The fourth-order valence-corrected chi connectivity index (χ4v) is 3.73. The molecular weight excluding hydrogens is 343 g/mol. The van der Waals surface area contributed by atoms with Gasteiger partial charge >= 0.3 is 0 Å². The van der Waals surface area contributed by atoms with Gasteiger partial charge in [0.05, 0.1) is 16.8 Å². The molecule has 27 heavy (non-hydrogen) atoms. The minimum atomic E-state index is -0.348. The van der Waals surface area contributed by atoms with Gasteiger partial charge in [-0.25, -0.2) is 4.39 Å². The molecule has 1 aromatic heterocycles. The van der Waals surface area contributed by atoms with Gasteiger partial charge in [0.2, 0.25) is 0 Å². The standard InChI is InChI=1S/C21H23FN4O/c1-13-11-26(12-14(2)24-13)17-6-4-16(5-7-17)23-10-19-18-8-3-15(22)9-20(18)25-21(19)27/h3-10,13-14,24-25,27H,11-12H2,1-2H3. The average Bonchev–Trinajstić information content (AvgIpc) is 2.93. The van der Waals surface area contributed by atoms with E-state index in [4.69, 9.17) is 0 Å². The van der Waals surface area contributed by atoms with E-state index in [0.29, 0.717) is 23.2 Å².